The Bertz CT molecular complexity index is 828. The summed E-state index contributed by atoms with van der Waals surface area (Å²) in [5.41, 5.74) is 0.611. The maximum absolute atomic E-state index is 13.8. The number of carbonyl (C=O) groups excluding carboxylic acids is 1. The predicted octanol–water partition coefficient (Wildman–Crippen LogP) is 3.28. The van der Waals surface area contributed by atoms with Crippen LogP contribution in [-0.4, -0.2) is 42.7 Å². The average molecular weight is 373 g/mol. The summed E-state index contributed by atoms with van der Waals surface area (Å²) in [5.74, 6) is -0.529. The number of thioether (sulfide) groups is 1. The molecule has 2 aromatic carbocycles. The van der Waals surface area contributed by atoms with Crippen LogP contribution in [0.4, 0.5) is 14.5 Å². The molecule has 1 aliphatic rings. The van der Waals surface area contributed by atoms with E-state index in [0.717, 1.165) is 4.90 Å². The van der Waals surface area contributed by atoms with Crippen molar-refractivity contribution in [3.8, 4) is 6.07 Å². The number of hydrogen-bond acceptors (Lipinski definition) is 4. The molecule has 26 heavy (non-hydrogen) atoms. The molecule has 0 N–H and O–H groups in total. The molecule has 1 heterocycles. The third-order valence-electron chi connectivity index (χ3n) is 4.25. The van der Waals surface area contributed by atoms with E-state index in [-0.39, 0.29) is 23.0 Å². The number of rotatable bonds is 4. The van der Waals surface area contributed by atoms with E-state index in [1.54, 1.807) is 29.2 Å². The maximum Gasteiger partial charge on any atom is 0.233 e. The molecule has 3 rings (SSSR count). The van der Waals surface area contributed by atoms with Crippen LogP contribution in [-0.2, 0) is 4.79 Å². The summed E-state index contributed by atoms with van der Waals surface area (Å²) in [4.78, 5) is 16.9. The molecule has 0 saturated carbocycles. The van der Waals surface area contributed by atoms with Gasteiger partial charge in [-0.15, -0.1) is 11.8 Å². The lowest BCUT2D eigenvalue weighted by atomic mass is 10.1. The third-order valence-corrected chi connectivity index (χ3v) is 5.25. The lowest BCUT2D eigenvalue weighted by Gasteiger charge is -2.36. The number of nitrogens with zero attached hydrogens (tertiary/aromatic N) is 3. The van der Waals surface area contributed by atoms with Crippen molar-refractivity contribution < 1.29 is 13.6 Å². The molecule has 1 amide bonds. The van der Waals surface area contributed by atoms with Gasteiger partial charge in [-0.05, 0) is 36.4 Å². The predicted molar refractivity (Wildman–Crippen MR) is 97.0 cm³/mol. The smallest absolute Gasteiger partial charge is 0.233 e. The van der Waals surface area contributed by atoms with Crippen LogP contribution in [0.15, 0.2) is 47.4 Å². The average Bonchev–Trinajstić information content (AvgIpc) is 2.67. The van der Waals surface area contributed by atoms with Gasteiger partial charge in [0.25, 0.3) is 0 Å². The minimum absolute atomic E-state index is 0.0127. The van der Waals surface area contributed by atoms with Crippen molar-refractivity contribution in [2.45, 2.75) is 4.90 Å². The fraction of sp³-hybridized carbons (Fsp3) is 0.263. The molecule has 0 radical (unpaired) electrons. The highest BCUT2D eigenvalue weighted by Gasteiger charge is 2.23. The van der Waals surface area contributed by atoms with Crippen molar-refractivity contribution in [1.29, 1.82) is 5.26 Å². The highest BCUT2D eigenvalue weighted by molar-refractivity contribution is 8.00. The standard InChI is InChI=1S/C19H17F2N3OS/c20-14-4-6-15(7-5-14)26-13-19(25)24-10-8-23(9-11-24)18-3-1-2-17(21)16(18)12-22/h1-7H,8-11,13H2. The highest BCUT2D eigenvalue weighted by atomic mass is 32.2. The Labute approximate surface area is 155 Å². The molecule has 1 saturated heterocycles. The van der Waals surface area contributed by atoms with Gasteiger partial charge in [0, 0.05) is 31.1 Å². The third kappa shape index (κ3) is 4.14. The zero-order chi connectivity index (χ0) is 18.5. The molecule has 1 fully saturated rings. The van der Waals surface area contributed by atoms with Crippen molar-refractivity contribution in [2.75, 3.05) is 36.8 Å². The SMILES string of the molecule is N#Cc1c(F)cccc1N1CCN(C(=O)CSc2ccc(F)cc2)CC1. The fourth-order valence-electron chi connectivity index (χ4n) is 2.85. The number of halogens is 2. The zero-order valence-electron chi connectivity index (χ0n) is 14.0. The van der Waals surface area contributed by atoms with Crippen LogP contribution >= 0.6 is 11.8 Å². The largest absolute Gasteiger partial charge is 0.367 e. The molecule has 0 unspecified atom stereocenters. The zero-order valence-corrected chi connectivity index (χ0v) is 14.8. The first kappa shape index (κ1) is 18.2. The van der Waals surface area contributed by atoms with Crippen LogP contribution in [0.3, 0.4) is 0 Å². The van der Waals surface area contributed by atoms with Gasteiger partial charge in [0.1, 0.15) is 23.3 Å². The van der Waals surface area contributed by atoms with Crippen LogP contribution in [0.5, 0.6) is 0 Å². The van der Waals surface area contributed by atoms with E-state index >= 15 is 0 Å². The Morgan fingerprint density at radius 3 is 2.42 bits per heavy atom. The second-order valence-electron chi connectivity index (χ2n) is 5.86. The van der Waals surface area contributed by atoms with E-state index in [1.165, 1.54) is 30.0 Å². The second-order valence-corrected chi connectivity index (χ2v) is 6.90. The first-order valence-corrected chi connectivity index (χ1v) is 9.17. The summed E-state index contributed by atoms with van der Waals surface area (Å²) in [5, 5.41) is 9.16. The summed E-state index contributed by atoms with van der Waals surface area (Å²) < 4.78 is 26.7. The van der Waals surface area contributed by atoms with Crippen LogP contribution in [0.2, 0.25) is 0 Å². The molecule has 0 bridgehead atoms. The van der Waals surface area contributed by atoms with Crippen molar-refractivity contribution >= 4 is 23.4 Å². The van der Waals surface area contributed by atoms with Crippen molar-refractivity contribution in [3.05, 3.63) is 59.7 Å². The van der Waals surface area contributed by atoms with E-state index in [0.29, 0.717) is 31.9 Å². The molecule has 134 valence electrons. The highest BCUT2D eigenvalue weighted by Crippen LogP contribution is 2.24. The number of piperazine rings is 1. The van der Waals surface area contributed by atoms with E-state index in [4.69, 9.17) is 5.26 Å². The Morgan fingerprint density at radius 1 is 1.08 bits per heavy atom. The van der Waals surface area contributed by atoms with Crippen molar-refractivity contribution in [3.63, 3.8) is 0 Å². The number of anilines is 1. The van der Waals surface area contributed by atoms with Crippen molar-refractivity contribution in [2.24, 2.45) is 0 Å². The lowest BCUT2D eigenvalue weighted by Crippen LogP contribution is -2.49. The van der Waals surface area contributed by atoms with Gasteiger partial charge in [-0.3, -0.25) is 4.79 Å². The first-order valence-electron chi connectivity index (χ1n) is 8.18. The minimum atomic E-state index is -0.529. The number of carbonyl (C=O) groups is 1. The van der Waals surface area contributed by atoms with E-state index < -0.39 is 5.82 Å². The molecular formula is C19H17F2N3OS. The topological polar surface area (TPSA) is 47.3 Å². The lowest BCUT2D eigenvalue weighted by molar-refractivity contribution is -0.128. The summed E-state index contributed by atoms with van der Waals surface area (Å²) in [7, 11) is 0. The molecule has 0 aliphatic carbocycles. The summed E-state index contributed by atoms with van der Waals surface area (Å²) >= 11 is 1.37. The molecule has 2 aromatic rings. The number of amides is 1. The Balaban J connectivity index is 1.55. The first-order chi connectivity index (χ1) is 12.6. The number of nitriles is 1. The van der Waals surface area contributed by atoms with Gasteiger partial charge in [-0.2, -0.15) is 5.26 Å². The summed E-state index contributed by atoms with van der Waals surface area (Å²) in [6.45, 7) is 2.13. The van der Waals surface area contributed by atoms with Gasteiger partial charge >= 0.3 is 0 Å². The number of benzene rings is 2. The van der Waals surface area contributed by atoms with Gasteiger partial charge in [0.2, 0.25) is 5.91 Å². The van der Waals surface area contributed by atoms with E-state index in [1.807, 2.05) is 11.0 Å². The maximum atomic E-state index is 13.8. The quantitative estimate of drug-likeness (QED) is 0.772. The molecular weight excluding hydrogens is 356 g/mol. The van der Waals surface area contributed by atoms with Gasteiger partial charge < -0.3 is 9.80 Å². The van der Waals surface area contributed by atoms with Crippen molar-refractivity contribution in [1.82, 2.24) is 4.90 Å². The molecule has 0 atom stereocenters. The molecule has 0 aromatic heterocycles. The Morgan fingerprint density at radius 2 is 1.77 bits per heavy atom. The minimum Gasteiger partial charge on any atom is -0.367 e. The fourth-order valence-corrected chi connectivity index (χ4v) is 3.65. The molecule has 1 aliphatic heterocycles. The van der Waals surface area contributed by atoms with Gasteiger partial charge in [0.15, 0.2) is 0 Å². The molecule has 7 heteroatoms. The van der Waals surface area contributed by atoms with E-state index in [2.05, 4.69) is 0 Å². The normalized spacial score (nSPS) is 14.2. The second kappa shape index (κ2) is 8.19. The van der Waals surface area contributed by atoms with Crippen LogP contribution in [0.1, 0.15) is 5.56 Å². The summed E-state index contributed by atoms with van der Waals surface area (Å²) in [6, 6.07) is 12.5. The molecule has 0 spiro atoms. The number of hydrogen-bond donors (Lipinski definition) is 0. The van der Waals surface area contributed by atoms with Gasteiger partial charge in [-0.25, -0.2) is 8.78 Å². The molecule has 4 nitrogen and oxygen atoms in total. The summed E-state index contributed by atoms with van der Waals surface area (Å²) in [6.07, 6.45) is 0. The van der Waals surface area contributed by atoms with Gasteiger partial charge in [0.05, 0.1) is 11.4 Å². The monoisotopic (exact) mass is 373 g/mol. The van der Waals surface area contributed by atoms with Gasteiger partial charge in [-0.1, -0.05) is 6.07 Å². The van der Waals surface area contributed by atoms with Crippen LogP contribution in [0, 0.1) is 23.0 Å². The Kier molecular flexibility index (Phi) is 5.74. The van der Waals surface area contributed by atoms with Crippen LogP contribution < -0.4 is 4.90 Å². The van der Waals surface area contributed by atoms with E-state index in [9.17, 15) is 13.6 Å². The van der Waals surface area contributed by atoms with Crippen LogP contribution in [0.25, 0.3) is 0 Å². The Hall–Kier alpha value is -2.59.